The zero-order valence-corrected chi connectivity index (χ0v) is 12.0. The number of carbonyl (C=O) groups excluding carboxylic acids is 1. The van der Waals surface area contributed by atoms with Crippen LogP contribution in [0.5, 0.6) is 0 Å². The second kappa shape index (κ2) is 5.71. The van der Waals surface area contributed by atoms with Crippen LogP contribution in [-0.2, 0) is 0 Å². The number of benzene rings is 1. The summed E-state index contributed by atoms with van der Waals surface area (Å²) in [6.45, 7) is 1.63. The van der Waals surface area contributed by atoms with Crippen LogP contribution in [0, 0.1) is 0 Å². The molecule has 1 saturated heterocycles. The van der Waals surface area contributed by atoms with Gasteiger partial charge in [-0.3, -0.25) is 4.79 Å². The molecule has 1 amide bonds. The van der Waals surface area contributed by atoms with Crippen LogP contribution in [0.25, 0.3) is 10.8 Å². The zero-order valence-electron chi connectivity index (χ0n) is 11.2. The molecule has 1 aromatic heterocycles. The number of carbonyl (C=O) groups is 1. The van der Waals surface area contributed by atoms with Gasteiger partial charge in [0.2, 0.25) is 0 Å². The summed E-state index contributed by atoms with van der Waals surface area (Å²) in [4.78, 5) is 18.8. The number of pyridine rings is 1. The van der Waals surface area contributed by atoms with Gasteiger partial charge in [0.25, 0.3) is 5.91 Å². The van der Waals surface area contributed by atoms with Gasteiger partial charge in [-0.05, 0) is 17.6 Å². The molecule has 20 heavy (non-hydrogen) atoms. The Balaban J connectivity index is 2.01. The average molecular weight is 287 g/mol. The van der Waals surface area contributed by atoms with E-state index in [1.807, 2.05) is 40.9 Å². The van der Waals surface area contributed by atoms with E-state index in [2.05, 4.69) is 4.98 Å². The highest BCUT2D eigenvalue weighted by Crippen LogP contribution is 2.24. The van der Waals surface area contributed by atoms with E-state index in [1.54, 1.807) is 6.20 Å². The van der Waals surface area contributed by atoms with E-state index in [0.29, 0.717) is 11.4 Å². The Bertz CT molecular complexity index is 636. The van der Waals surface area contributed by atoms with Gasteiger partial charge in [-0.2, -0.15) is 11.8 Å². The highest BCUT2D eigenvalue weighted by molar-refractivity contribution is 7.99. The first-order valence-electron chi connectivity index (χ1n) is 6.77. The van der Waals surface area contributed by atoms with E-state index in [1.165, 1.54) is 0 Å². The largest absolute Gasteiger partial charge is 0.383 e. The van der Waals surface area contributed by atoms with Crippen LogP contribution >= 0.6 is 11.8 Å². The minimum atomic E-state index is 0.0659. The Morgan fingerprint density at radius 2 is 2.00 bits per heavy atom. The lowest BCUT2D eigenvalue weighted by molar-refractivity contribution is 0.0770. The van der Waals surface area contributed by atoms with Gasteiger partial charge in [-0.25, -0.2) is 4.98 Å². The summed E-state index contributed by atoms with van der Waals surface area (Å²) in [7, 11) is 0. The minimum absolute atomic E-state index is 0.0659. The van der Waals surface area contributed by atoms with Gasteiger partial charge in [0.15, 0.2) is 0 Å². The maximum absolute atomic E-state index is 12.7. The van der Waals surface area contributed by atoms with E-state index >= 15 is 0 Å². The number of amides is 1. The summed E-state index contributed by atoms with van der Waals surface area (Å²) in [5.41, 5.74) is 6.54. The lowest BCUT2D eigenvalue weighted by Crippen LogP contribution is -2.33. The van der Waals surface area contributed by atoms with Crippen molar-refractivity contribution in [2.75, 3.05) is 30.3 Å². The van der Waals surface area contributed by atoms with Crippen molar-refractivity contribution in [2.45, 2.75) is 6.42 Å². The van der Waals surface area contributed by atoms with Crippen LogP contribution < -0.4 is 5.73 Å². The van der Waals surface area contributed by atoms with Crippen LogP contribution in [-0.4, -0.2) is 40.4 Å². The normalized spacial score (nSPS) is 16.1. The van der Waals surface area contributed by atoms with Crippen molar-refractivity contribution in [1.29, 1.82) is 0 Å². The Morgan fingerprint density at radius 1 is 1.20 bits per heavy atom. The number of nitrogens with two attached hydrogens (primary N) is 1. The van der Waals surface area contributed by atoms with Crippen molar-refractivity contribution in [3.8, 4) is 0 Å². The summed E-state index contributed by atoms with van der Waals surface area (Å²) in [6, 6.07) is 7.69. The maximum atomic E-state index is 12.7. The number of aromatic nitrogens is 1. The Labute approximate surface area is 122 Å². The van der Waals surface area contributed by atoms with E-state index < -0.39 is 0 Å². The van der Waals surface area contributed by atoms with E-state index in [0.717, 1.165) is 41.8 Å². The van der Waals surface area contributed by atoms with E-state index in [9.17, 15) is 4.79 Å². The fraction of sp³-hybridized carbons (Fsp3) is 0.333. The number of nitrogen functional groups attached to an aromatic ring is 1. The van der Waals surface area contributed by atoms with Gasteiger partial charge in [-0.15, -0.1) is 0 Å². The molecule has 0 spiro atoms. The molecule has 2 heterocycles. The van der Waals surface area contributed by atoms with Gasteiger partial charge < -0.3 is 10.6 Å². The van der Waals surface area contributed by atoms with Crippen LogP contribution in [0.4, 0.5) is 5.82 Å². The average Bonchev–Trinajstić information content (AvgIpc) is 2.76. The van der Waals surface area contributed by atoms with Gasteiger partial charge in [-0.1, -0.05) is 24.3 Å². The molecule has 0 atom stereocenters. The minimum Gasteiger partial charge on any atom is -0.383 e. The van der Waals surface area contributed by atoms with Crippen molar-refractivity contribution < 1.29 is 4.79 Å². The quantitative estimate of drug-likeness (QED) is 0.875. The first-order valence-corrected chi connectivity index (χ1v) is 7.93. The summed E-state index contributed by atoms with van der Waals surface area (Å²) < 4.78 is 0. The monoisotopic (exact) mass is 287 g/mol. The first kappa shape index (κ1) is 13.2. The van der Waals surface area contributed by atoms with Crippen molar-refractivity contribution >= 4 is 34.3 Å². The number of fused-ring (bicyclic) bond motifs is 1. The molecule has 1 aliphatic heterocycles. The molecule has 0 saturated carbocycles. The van der Waals surface area contributed by atoms with E-state index in [-0.39, 0.29) is 5.91 Å². The lowest BCUT2D eigenvalue weighted by atomic mass is 10.1. The van der Waals surface area contributed by atoms with E-state index in [4.69, 9.17) is 5.73 Å². The molecule has 5 heteroatoms. The molecule has 0 bridgehead atoms. The zero-order chi connectivity index (χ0) is 13.9. The summed E-state index contributed by atoms with van der Waals surface area (Å²) in [5, 5.41) is 1.74. The Morgan fingerprint density at radius 3 is 2.85 bits per heavy atom. The van der Waals surface area contributed by atoms with Crippen LogP contribution in [0.15, 0.2) is 30.5 Å². The maximum Gasteiger partial charge on any atom is 0.256 e. The third kappa shape index (κ3) is 2.45. The number of anilines is 1. The predicted molar refractivity (Wildman–Crippen MR) is 84.0 cm³/mol. The van der Waals surface area contributed by atoms with Crippen molar-refractivity contribution in [1.82, 2.24) is 9.88 Å². The first-order chi connectivity index (χ1) is 9.77. The fourth-order valence-electron chi connectivity index (χ4n) is 2.50. The lowest BCUT2D eigenvalue weighted by Gasteiger charge is -2.20. The molecule has 0 unspecified atom stereocenters. The second-order valence-corrected chi connectivity index (χ2v) is 6.09. The summed E-state index contributed by atoms with van der Waals surface area (Å²) in [5.74, 6) is 2.68. The Hall–Kier alpha value is -1.75. The third-order valence-electron chi connectivity index (χ3n) is 3.57. The van der Waals surface area contributed by atoms with Crippen LogP contribution in [0.3, 0.4) is 0 Å². The van der Waals surface area contributed by atoms with Gasteiger partial charge in [0.05, 0.1) is 5.56 Å². The van der Waals surface area contributed by atoms with Gasteiger partial charge in [0, 0.05) is 30.4 Å². The van der Waals surface area contributed by atoms with Crippen LogP contribution in [0.2, 0.25) is 0 Å². The topological polar surface area (TPSA) is 59.2 Å². The second-order valence-electron chi connectivity index (χ2n) is 4.86. The fourth-order valence-corrected chi connectivity index (χ4v) is 3.39. The van der Waals surface area contributed by atoms with Crippen molar-refractivity contribution in [3.63, 3.8) is 0 Å². The SMILES string of the molecule is Nc1ncc(C(=O)N2CCCSCC2)c2ccccc12. The Kier molecular flexibility index (Phi) is 3.78. The number of rotatable bonds is 1. The third-order valence-corrected chi connectivity index (χ3v) is 4.61. The molecule has 2 aromatic rings. The molecule has 1 fully saturated rings. The molecule has 4 nitrogen and oxygen atoms in total. The molecule has 1 aromatic carbocycles. The highest BCUT2D eigenvalue weighted by atomic mass is 32.2. The molecule has 3 rings (SSSR count). The number of hydrogen-bond acceptors (Lipinski definition) is 4. The number of hydrogen-bond donors (Lipinski definition) is 1. The summed E-state index contributed by atoms with van der Waals surface area (Å²) in [6.07, 6.45) is 2.66. The number of thioether (sulfide) groups is 1. The molecule has 2 N–H and O–H groups in total. The smallest absolute Gasteiger partial charge is 0.256 e. The predicted octanol–water partition coefficient (Wildman–Crippen LogP) is 2.40. The van der Waals surface area contributed by atoms with Gasteiger partial charge in [0.1, 0.15) is 5.82 Å². The highest BCUT2D eigenvalue weighted by Gasteiger charge is 2.20. The van der Waals surface area contributed by atoms with Crippen molar-refractivity contribution in [3.05, 3.63) is 36.0 Å². The van der Waals surface area contributed by atoms with Crippen LogP contribution in [0.1, 0.15) is 16.8 Å². The van der Waals surface area contributed by atoms with Crippen molar-refractivity contribution in [2.24, 2.45) is 0 Å². The number of nitrogens with zero attached hydrogens (tertiary/aromatic N) is 2. The molecule has 104 valence electrons. The van der Waals surface area contributed by atoms with Gasteiger partial charge >= 0.3 is 0 Å². The molecular formula is C15H17N3OS. The molecule has 1 aliphatic rings. The summed E-state index contributed by atoms with van der Waals surface area (Å²) >= 11 is 1.91. The molecule has 0 radical (unpaired) electrons. The molecule has 0 aliphatic carbocycles. The molecular weight excluding hydrogens is 270 g/mol. The standard InChI is InChI=1S/C15H17N3OS/c16-14-12-5-2-1-4-11(12)13(10-17-14)15(19)18-6-3-8-20-9-7-18/h1-2,4-5,10H,3,6-9H2,(H2,16,17).